The molecule has 0 aliphatic heterocycles. The summed E-state index contributed by atoms with van der Waals surface area (Å²) < 4.78 is 5.65. The monoisotopic (exact) mass is 241 g/mol. The van der Waals surface area contributed by atoms with Gasteiger partial charge in [0.2, 0.25) is 0 Å². The molecule has 1 aromatic rings. The molecule has 0 saturated heterocycles. The average Bonchev–Trinajstić information content (AvgIpc) is 2.63. The summed E-state index contributed by atoms with van der Waals surface area (Å²) in [4.78, 5) is 1.38. The number of methoxy groups -OCH3 is 1. The summed E-state index contributed by atoms with van der Waals surface area (Å²) in [5.41, 5.74) is 1.38. The van der Waals surface area contributed by atoms with E-state index >= 15 is 0 Å². The van der Waals surface area contributed by atoms with Crippen LogP contribution in [0.1, 0.15) is 37.3 Å². The van der Waals surface area contributed by atoms with Crippen LogP contribution >= 0.6 is 11.3 Å². The van der Waals surface area contributed by atoms with Crippen molar-refractivity contribution in [3.05, 3.63) is 21.9 Å². The molecular weight excluding hydrogens is 218 g/mol. The fraction of sp³-hybridized carbons (Fsp3) is 0.692. The Bertz CT molecular complexity index is 309. The molecule has 0 aliphatic rings. The summed E-state index contributed by atoms with van der Waals surface area (Å²) >= 11 is 1.80. The van der Waals surface area contributed by atoms with Gasteiger partial charge >= 0.3 is 0 Å². The molecule has 0 radical (unpaired) electrons. The Morgan fingerprint density at radius 1 is 1.44 bits per heavy atom. The molecule has 1 aromatic heterocycles. The van der Waals surface area contributed by atoms with E-state index in [9.17, 15) is 0 Å². The molecule has 16 heavy (non-hydrogen) atoms. The summed E-state index contributed by atoms with van der Waals surface area (Å²) in [6, 6.07) is 2.52. The highest BCUT2D eigenvalue weighted by molar-refractivity contribution is 7.10. The van der Waals surface area contributed by atoms with Crippen molar-refractivity contribution in [3.63, 3.8) is 0 Å². The Morgan fingerprint density at radius 3 is 2.50 bits per heavy atom. The van der Waals surface area contributed by atoms with E-state index in [2.05, 4.69) is 44.5 Å². The van der Waals surface area contributed by atoms with Gasteiger partial charge < -0.3 is 10.1 Å². The standard InChI is InChI=1S/C13H23NOS/c1-6-14-12(13(15-5)9(2)3)11-7-8-16-10(11)4/h7-9,12-14H,6H2,1-5H3. The van der Waals surface area contributed by atoms with Crippen molar-refractivity contribution in [2.24, 2.45) is 5.92 Å². The van der Waals surface area contributed by atoms with Crippen molar-refractivity contribution in [3.8, 4) is 0 Å². The molecule has 0 amide bonds. The summed E-state index contributed by atoms with van der Waals surface area (Å²) in [6.07, 6.45) is 0.230. The lowest BCUT2D eigenvalue weighted by Gasteiger charge is -2.30. The van der Waals surface area contributed by atoms with Gasteiger partial charge in [-0.2, -0.15) is 0 Å². The van der Waals surface area contributed by atoms with Gasteiger partial charge in [0.05, 0.1) is 12.1 Å². The third-order valence-corrected chi connectivity index (χ3v) is 3.78. The van der Waals surface area contributed by atoms with E-state index in [0.717, 1.165) is 6.54 Å². The van der Waals surface area contributed by atoms with Crippen LogP contribution in [-0.4, -0.2) is 19.8 Å². The van der Waals surface area contributed by atoms with E-state index in [1.165, 1.54) is 10.4 Å². The molecule has 1 rings (SSSR count). The zero-order valence-corrected chi connectivity index (χ0v) is 11.7. The average molecular weight is 241 g/mol. The summed E-state index contributed by atoms with van der Waals surface area (Å²) in [6.45, 7) is 9.70. The second-order valence-electron chi connectivity index (χ2n) is 4.41. The second kappa shape index (κ2) is 6.38. The first kappa shape index (κ1) is 13.7. The number of thiophene rings is 1. The molecule has 1 N–H and O–H groups in total. The Balaban J connectivity index is 2.93. The predicted molar refractivity (Wildman–Crippen MR) is 71.1 cm³/mol. The van der Waals surface area contributed by atoms with E-state index < -0.39 is 0 Å². The molecule has 0 fully saturated rings. The van der Waals surface area contributed by atoms with Gasteiger partial charge in [-0.3, -0.25) is 0 Å². The van der Waals surface area contributed by atoms with E-state index in [4.69, 9.17) is 4.74 Å². The first-order valence-corrected chi connectivity index (χ1v) is 6.79. The van der Waals surface area contributed by atoms with Crippen LogP contribution in [0.25, 0.3) is 0 Å². The fourth-order valence-corrected chi connectivity index (χ4v) is 2.88. The molecule has 92 valence electrons. The lowest BCUT2D eigenvalue weighted by Crippen LogP contribution is -2.36. The number of hydrogen-bond donors (Lipinski definition) is 1. The zero-order valence-electron chi connectivity index (χ0n) is 10.9. The molecular formula is C13H23NOS. The van der Waals surface area contributed by atoms with Crippen molar-refractivity contribution in [2.45, 2.75) is 39.8 Å². The molecule has 0 aromatic carbocycles. The normalized spacial score (nSPS) is 15.4. The highest BCUT2D eigenvalue weighted by Crippen LogP contribution is 2.29. The van der Waals surface area contributed by atoms with Gasteiger partial charge in [0.25, 0.3) is 0 Å². The van der Waals surface area contributed by atoms with Gasteiger partial charge in [-0.15, -0.1) is 11.3 Å². The van der Waals surface area contributed by atoms with E-state index in [0.29, 0.717) is 12.0 Å². The van der Waals surface area contributed by atoms with Crippen molar-refractivity contribution in [2.75, 3.05) is 13.7 Å². The molecule has 2 unspecified atom stereocenters. The third-order valence-electron chi connectivity index (χ3n) is 2.92. The van der Waals surface area contributed by atoms with Gasteiger partial charge in [0, 0.05) is 12.0 Å². The van der Waals surface area contributed by atoms with Gasteiger partial charge in [-0.05, 0) is 36.4 Å². The SMILES string of the molecule is CCNC(c1ccsc1C)C(OC)C(C)C. The zero-order chi connectivity index (χ0) is 12.1. The molecule has 2 atom stereocenters. The molecule has 3 heteroatoms. The first-order chi connectivity index (χ1) is 7.61. The topological polar surface area (TPSA) is 21.3 Å². The Morgan fingerprint density at radius 2 is 2.12 bits per heavy atom. The third kappa shape index (κ3) is 3.06. The lowest BCUT2D eigenvalue weighted by atomic mass is 9.94. The van der Waals surface area contributed by atoms with Crippen LogP contribution in [-0.2, 0) is 4.74 Å². The second-order valence-corrected chi connectivity index (χ2v) is 5.53. The Kier molecular flexibility index (Phi) is 5.46. The lowest BCUT2D eigenvalue weighted by molar-refractivity contribution is 0.0330. The molecule has 2 nitrogen and oxygen atoms in total. The minimum Gasteiger partial charge on any atom is -0.379 e. The van der Waals surface area contributed by atoms with Crippen LogP contribution in [0.15, 0.2) is 11.4 Å². The summed E-state index contributed by atoms with van der Waals surface area (Å²) in [5, 5.41) is 5.69. The van der Waals surface area contributed by atoms with Crippen LogP contribution in [0.4, 0.5) is 0 Å². The van der Waals surface area contributed by atoms with Gasteiger partial charge in [0.1, 0.15) is 0 Å². The number of likely N-dealkylation sites (N-methyl/N-ethyl adjacent to an activating group) is 1. The van der Waals surface area contributed by atoms with Crippen LogP contribution in [0.2, 0.25) is 0 Å². The number of nitrogens with one attached hydrogen (secondary N) is 1. The number of ether oxygens (including phenoxy) is 1. The van der Waals surface area contributed by atoms with Crippen molar-refractivity contribution < 1.29 is 4.74 Å². The minimum absolute atomic E-state index is 0.230. The van der Waals surface area contributed by atoms with Crippen molar-refractivity contribution in [1.82, 2.24) is 5.32 Å². The molecule has 0 aliphatic carbocycles. The largest absolute Gasteiger partial charge is 0.379 e. The number of rotatable bonds is 6. The van der Waals surface area contributed by atoms with Gasteiger partial charge in [-0.1, -0.05) is 20.8 Å². The quantitative estimate of drug-likeness (QED) is 0.824. The summed E-state index contributed by atoms with van der Waals surface area (Å²) in [7, 11) is 1.80. The maximum Gasteiger partial charge on any atom is 0.0789 e. The fourth-order valence-electron chi connectivity index (χ4n) is 2.13. The highest BCUT2D eigenvalue weighted by Gasteiger charge is 2.26. The molecule has 0 bridgehead atoms. The molecule has 0 spiro atoms. The number of aryl methyl sites for hydroxylation is 1. The number of hydrogen-bond acceptors (Lipinski definition) is 3. The first-order valence-electron chi connectivity index (χ1n) is 5.92. The van der Waals surface area contributed by atoms with Gasteiger partial charge in [0.15, 0.2) is 0 Å². The maximum absolute atomic E-state index is 5.65. The Hall–Kier alpha value is -0.380. The highest BCUT2D eigenvalue weighted by atomic mass is 32.1. The van der Waals surface area contributed by atoms with Crippen LogP contribution in [0.5, 0.6) is 0 Å². The van der Waals surface area contributed by atoms with Crippen molar-refractivity contribution in [1.29, 1.82) is 0 Å². The van der Waals surface area contributed by atoms with E-state index in [1.807, 2.05) is 0 Å². The molecule has 1 heterocycles. The molecule has 0 saturated carbocycles. The van der Waals surface area contributed by atoms with Gasteiger partial charge in [-0.25, -0.2) is 0 Å². The van der Waals surface area contributed by atoms with Crippen molar-refractivity contribution >= 4 is 11.3 Å². The van der Waals surface area contributed by atoms with Crippen LogP contribution < -0.4 is 5.32 Å². The maximum atomic E-state index is 5.65. The smallest absolute Gasteiger partial charge is 0.0789 e. The van der Waals surface area contributed by atoms with E-state index in [-0.39, 0.29) is 6.10 Å². The van der Waals surface area contributed by atoms with Crippen LogP contribution in [0.3, 0.4) is 0 Å². The Labute approximate surface area is 103 Å². The van der Waals surface area contributed by atoms with Crippen LogP contribution in [0, 0.1) is 12.8 Å². The van der Waals surface area contributed by atoms with E-state index in [1.54, 1.807) is 18.4 Å². The minimum atomic E-state index is 0.230. The predicted octanol–water partition coefficient (Wildman–Crippen LogP) is 3.38. The summed E-state index contributed by atoms with van der Waals surface area (Å²) in [5.74, 6) is 0.508.